The summed E-state index contributed by atoms with van der Waals surface area (Å²) < 4.78 is 30.4. The number of rotatable bonds is 3. The molecule has 0 fully saturated rings. The van der Waals surface area contributed by atoms with Gasteiger partial charge in [0.05, 0.1) is 15.4 Å². The Morgan fingerprint density at radius 2 is 1.60 bits per heavy atom. The van der Waals surface area contributed by atoms with E-state index in [1.165, 1.54) is 0 Å². The minimum absolute atomic E-state index is 0. The maximum atomic E-state index is 10.1. The van der Waals surface area contributed by atoms with Gasteiger partial charge in [0, 0.05) is 11.5 Å². The standard InChI is InChI=1S/C3H8O3S3.Na/c4-9(5,6)3(1-7)2-8;/h3,7-8H,1-2H2,(H,4,5,6);/q;+1/p-1. The normalized spacial score (nSPS) is 11.2. The molecule has 7 heteroatoms. The maximum Gasteiger partial charge on any atom is 1.00 e. The smallest absolute Gasteiger partial charge is 0.748 e. The predicted octanol–water partition coefficient (Wildman–Crippen LogP) is -3.24. The average molecular weight is 210 g/mol. The fraction of sp³-hybridized carbons (Fsp3) is 1.00. The van der Waals surface area contributed by atoms with E-state index in [4.69, 9.17) is 0 Å². The van der Waals surface area contributed by atoms with E-state index in [1.54, 1.807) is 0 Å². The van der Waals surface area contributed by atoms with Crippen molar-refractivity contribution >= 4 is 35.4 Å². The molecule has 0 saturated heterocycles. The zero-order chi connectivity index (χ0) is 7.49. The Balaban J connectivity index is 0. The number of thiol groups is 2. The molecule has 10 heavy (non-hydrogen) atoms. The summed E-state index contributed by atoms with van der Waals surface area (Å²) in [5.74, 6) is 0.0741. The van der Waals surface area contributed by atoms with E-state index in [0.29, 0.717) is 0 Å². The van der Waals surface area contributed by atoms with Gasteiger partial charge in [-0.05, 0) is 0 Å². The first-order valence-corrected chi connectivity index (χ1v) is 4.92. The van der Waals surface area contributed by atoms with Crippen molar-refractivity contribution in [3.63, 3.8) is 0 Å². The number of hydrogen-bond donors (Lipinski definition) is 2. The van der Waals surface area contributed by atoms with Gasteiger partial charge in [-0.3, -0.25) is 0 Å². The molecule has 0 aliphatic carbocycles. The second-order valence-corrected chi connectivity index (χ2v) is 3.86. The molecule has 0 saturated carbocycles. The van der Waals surface area contributed by atoms with E-state index in [-0.39, 0.29) is 41.1 Å². The average Bonchev–Trinajstić information content (AvgIpc) is 1.65. The molecule has 0 aromatic rings. The van der Waals surface area contributed by atoms with Crippen molar-refractivity contribution in [2.75, 3.05) is 11.5 Å². The van der Waals surface area contributed by atoms with Crippen LogP contribution < -0.4 is 29.6 Å². The molecule has 0 aromatic heterocycles. The van der Waals surface area contributed by atoms with Crippen molar-refractivity contribution in [2.24, 2.45) is 0 Å². The van der Waals surface area contributed by atoms with Crippen LogP contribution in [0.1, 0.15) is 0 Å². The van der Waals surface area contributed by atoms with Crippen LogP contribution in [0.2, 0.25) is 0 Å². The van der Waals surface area contributed by atoms with Gasteiger partial charge in [-0.2, -0.15) is 25.3 Å². The quantitative estimate of drug-likeness (QED) is 0.292. The monoisotopic (exact) mass is 210 g/mol. The molecular weight excluding hydrogens is 203 g/mol. The summed E-state index contributed by atoms with van der Waals surface area (Å²) in [6.45, 7) is 0. The van der Waals surface area contributed by atoms with Crippen LogP contribution in [0, 0.1) is 0 Å². The fourth-order valence-electron chi connectivity index (χ4n) is 0.240. The van der Waals surface area contributed by atoms with Gasteiger partial charge >= 0.3 is 29.6 Å². The molecule has 0 spiro atoms. The molecule has 3 nitrogen and oxygen atoms in total. The molecule has 0 aliphatic rings. The van der Waals surface area contributed by atoms with Crippen LogP contribution in [0.3, 0.4) is 0 Å². The van der Waals surface area contributed by atoms with Crippen LogP contribution in [0.15, 0.2) is 0 Å². The van der Waals surface area contributed by atoms with E-state index >= 15 is 0 Å². The first kappa shape index (κ1) is 14.2. The molecule has 0 N–H and O–H groups in total. The van der Waals surface area contributed by atoms with Crippen molar-refractivity contribution in [3.05, 3.63) is 0 Å². The zero-order valence-electron chi connectivity index (χ0n) is 5.52. The Kier molecular flexibility index (Phi) is 8.72. The van der Waals surface area contributed by atoms with Gasteiger partial charge < -0.3 is 4.55 Å². The van der Waals surface area contributed by atoms with Crippen LogP contribution in [-0.4, -0.2) is 29.7 Å². The summed E-state index contributed by atoms with van der Waals surface area (Å²) in [5, 5.41) is -0.954. The first-order valence-electron chi connectivity index (χ1n) is 2.18. The van der Waals surface area contributed by atoms with Gasteiger partial charge in [0.1, 0.15) is 0 Å². The first-order chi connectivity index (χ1) is 4.02. The van der Waals surface area contributed by atoms with Crippen LogP contribution in [0.5, 0.6) is 0 Å². The molecule has 0 rings (SSSR count). The van der Waals surface area contributed by atoms with Gasteiger partial charge in [0.25, 0.3) is 0 Å². The summed E-state index contributed by atoms with van der Waals surface area (Å²) in [6, 6.07) is 0. The van der Waals surface area contributed by atoms with E-state index in [0.717, 1.165) is 0 Å². The van der Waals surface area contributed by atoms with E-state index in [1.807, 2.05) is 0 Å². The van der Waals surface area contributed by atoms with Gasteiger partial charge in [-0.1, -0.05) is 0 Å². The molecular formula is C3H7NaO3S3. The summed E-state index contributed by atoms with van der Waals surface area (Å²) in [4.78, 5) is 0. The fourth-order valence-corrected chi connectivity index (χ4v) is 2.16. The second-order valence-electron chi connectivity index (χ2n) is 1.48. The topological polar surface area (TPSA) is 57.2 Å². The van der Waals surface area contributed by atoms with Crippen molar-refractivity contribution in [2.45, 2.75) is 5.25 Å². The molecule has 0 atom stereocenters. The van der Waals surface area contributed by atoms with Crippen molar-refractivity contribution in [1.82, 2.24) is 0 Å². The third-order valence-electron chi connectivity index (χ3n) is 0.816. The van der Waals surface area contributed by atoms with Gasteiger partial charge in [-0.15, -0.1) is 0 Å². The Morgan fingerprint density at radius 3 is 1.60 bits per heavy atom. The van der Waals surface area contributed by atoms with Gasteiger partial charge in [0.15, 0.2) is 0 Å². The molecule has 0 aromatic carbocycles. The Hall–Kier alpha value is 1.61. The summed E-state index contributed by atoms with van der Waals surface area (Å²) in [7, 11) is -4.17. The molecule has 0 aliphatic heterocycles. The Morgan fingerprint density at radius 1 is 1.30 bits per heavy atom. The summed E-state index contributed by atoms with van der Waals surface area (Å²) in [5.41, 5.74) is 0. The largest absolute Gasteiger partial charge is 1.00 e. The van der Waals surface area contributed by atoms with Crippen LogP contribution in [0.25, 0.3) is 0 Å². The summed E-state index contributed by atoms with van der Waals surface area (Å²) >= 11 is 7.32. The number of hydrogen-bond acceptors (Lipinski definition) is 5. The Bertz CT molecular complexity index is 162. The third kappa shape index (κ3) is 5.29. The van der Waals surface area contributed by atoms with Gasteiger partial charge in [-0.25, -0.2) is 8.42 Å². The molecule has 0 radical (unpaired) electrons. The predicted molar refractivity (Wildman–Crippen MR) is 41.2 cm³/mol. The zero-order valence-corrected chi connectivity index (χ0v) is 10.1. The van der Waals surface area contributed by atoms with Crippen LogP contribution in [0.4, 0.5) is 0 Å². The third-order valence-corrected chi connectivity index (χ3v) is 3.34. The molecule has 0 heterocycles. The SMILES string of the molecule is O=S(=O)([O-])C(CS)CS.[Na+]. The minimum Gasteiger partial charge on any atom is -0.748 e. The van der Waals surface area contributed by atoms with Gasteiger partial charge in [0.2, 0.25) is 0 Å². The van der Waals surface area contributed by atoms with Crippen LogP contribution in [-0.2, 0) is 10.1 Å². The van der Waals surface area contributed by atoms with Crippen molar-refractivity contribution in [1.29, 1.82) is 0 Å². The molecule has 56 valence electrons. The maximum absolute atomic E-state index is 10.1. The van der Waals surface area contributed by atoms with Crippen molar-refractivity contribution < 1.29 is 42.5 Å². The van der Waals surface area contributed by atoms with E-state index in [9.17, 15) is 13.0 Å². The van der Waals surface area contributed by atoms with E-state index in [2.05, 4.69) is 25.3 Å². The van der Waals surface area contributed by atoms with Crippen LogP contribution >= 0.6 is 25.3 Å². The van der Waals surface area contributed by atoms with Crippen molar-refractivity contribution in [3.8, 4) is 0 Å². The summed E-state index contributed by atoms with van der Waals surface area (Å²) in [6.07, 6.45) is 0. The molecule has 0 unspecified atom stereocenters. The second kappa shape index (κ2) is 6.16. The minimum atomic E-state index is -4.17. The molecule has 0 bridgehead atoms. The van der Waals surface area contributed by atoms with E-state index < -0.39 is 15.4 Å². The molecule has 0 amide bonds. The Labute approximate surface area is 93.8 Å².